The highest BCUT2D eigenvalue weighted by Gasteiger charge is 2.68. The van der Waals surface area contributed by atoms with Crippen molar-refractivity contribution in [3.05, 3.63) is 23.8 Å². The van der Waals surface area contributed by atoms with Crippen molar-refractivity contribution in [1.82, 2.24) is 10.2 Å². The Morgan fingerprint density at radius 3 is 2.48 bits per heavy atom. The highest BCUT2D eigenvalue weighted by molar-refractivity contribution is 6.09. The molecule has 1 aromatic rings. The molecule has 2 aliphatic heterocycles. The molecule has 9 nitrogen and oxygen atoms in total. The van der Waals surface area contributed by atoms with E-state index in [1.165, 1.54) is 14.2 Å². The molecule has 2 N–H and O–H groups in total. The molecular formula is C20H26N2O7. The molecule has 0 spiro atoms. The van der Waals surface area contributed by atoms with Gasteiger partial charge in [0.1, 0.15) is 11.5 Å². The van der Waals surface area contributed by atoms with Crippen molar-refractivity contribution in [3.63, 3.8) is 0 Å². The van der Waals surface area contributed by atoms with E-state index in [-0.39, 0.29) is 13.2 Å². The minimum Gasteiger partial charge on any atom is -0.497 e. The van der Waals surface area contributed by atoms with Crippen molar-refractivity contribution < 1.29 is 33.7 Å². The lowest BCUT2D eigenvalue weighted by Gasteiger charge is -2.31. The molecule has 0 aromatic heterocycles. The molecule has 2 amide bonds. The fourth-order valence-electron chi connectivity index (χ4n) is 4.38. The molecule has 2 saturated heterocycles. The standard InChI is InChI=1S/C20H26N2O7/c1-5-22-17(24)14-15(18(22)25)20(10-23,19(26)29-6-2)21-16(14)12-9-11(27-3)7-8-13(12)28-4/h7-9,14-16,21,23H,5-6,10H2,1-4H3/t14-,15+,16-,20+/m0/s1. The predicted octanol–water partition coefficient (Wildman–Crippen LogP) is 0.263. The van der Waals surface area contributed by atoms with Crippen LogP contribution >= 0.6 is 0 Å². The normalized spacial score (nSPS) is 28.4. The minimum absolute atomic E-state index is 0.0758. The third-order valence-electron chi connectivity index (χ3n) is 5.72. The molecule has 2 aliphatic rings. The Labute approximate surface area is 168 Å². The van der Waals surface area contributed by atoms with Gasteiger partial charge in [-0.1, -0.05) is 0 Å². The summed E-state index contributed by atoms with van der Waals surface area (Å²) in [5, 5.41) is 13.3. The number of aliphatic hydroxyl groups is 1. The van der Waals surface area contributed by atoms with E-state index in [1.54, 1.807) is 32.0 Å². The maximum atomic E-state index is 13.1. The summed E-state index contributed by atoms with van der Waals surface area (Å²) in [6, 6.07) is 4.33. The number of likely N-dealkylation sites (tertiary alicyclic amines) is 1. The summed E-state index contributed by atoms with van der Waals surface area (Å²) in [6.07, 6.45) is 0. The number of nitrogens with one attached hydrogen (secondary N) is 1. The monoisotopic (exact) mass is 406 g/mol. The molecule has 0 saturated carbocycles. The zero-order chi connectivity index (χ0) is 21.3. The summed E-state index contributed by atoms with van der Waals surface area (Å²) in [4.78, 5) is 40.2. The summed E-state index contributed by atoms with van der Waals surface area (Å²) < 4.78 is 15.9. The van der Waals surface area contributed by atoms with Crippen molar-refractivity contribution in [1.29, 1.82) is 0 Å². The number of hydrogen-bond acceptors (Lipinski definition) is 8. The number of carbonyl (C=O) groups is 3. The number of carbonyl (C=O) groups excluding carboxylic acids is 3. The summed E-state index contributed by atoms with van der Waals surface area (Å²) >= 11 is 0. The van der Waals surface area contributed by atoms with Gasteiger partial charge in [-0.2, -0.15) is 0 Å². The number of nitrogens with zero attached hydrogens (tertiary/aromatic N) is 1. The van der Waals surface area contributed by atoms with Crippen molar-refractivity contribution in [2.75, 3.05) is 34.0 Å². The lowest BCUT2D eigenvalue weighted by atomic mass is 9.79. The minimum atomic E-state index is -1.73. The highest BCUT2D eigenvalue weighted by atomic mass is 16.5. The van der Waals surface area contributed by atoms with E-state index in [0.29, 0.717) is 17.1 Å². The van der Waals surface area contributed by atoms with Gasteiger partial charge in [0.05, 0.1) is 39.3 Å². The molecule has 4 atom stereocenters. The molecule has 0 unspecified atom stereocenters. The van der Waals surface area contributed by atoms with Crippen LogP contribution < -0.4 is 14.8 Å². The fourth-order valence-corrected chi connectivity index (χ4v) is 4.38. The second-order valence-corrected chi connectivity index (χ2v) is 7.00. The van der Waals surface area contributed by atoms with E-state index in [0.717, 1.165) is 4.90 Å². The van der Waals surface area contributed by atoms with Gasteiger partial charge in [-0.15, -0.1) is 0 Å². The third-order valence-corrected chi connectivity index (χ3v) is 5.72. The first-order valence-electron chi connectivity index (χ1n) is 9.53. The van der Waals surface area contributed by atoms with Gasteiger partial charge in [0.15, 0.2) is 5.54 Å². The van der Waals surface area contributed by atoms with Crippen LogP contribution in [0.25, 0.3) is 0 Å². The molecule has 1 aromatic carbocycles. The van der Waals surface area contributed by atoms with Crippen LogP contribution in [0.2, 0.25) is 0 Å². The Balaban J connectivity index is 2.18. The van der Waals surface area contributed by atoms with Gasteiger partial charge >= 0.3 is 5.97 Å². The quantitative estimate of drug-likeness (QED) is 0.490. The van der Waals surface area contributed by atoms with Gasteiger partial charge in [0, 0.05) is 18.2 Å². The van der Waals surface area contributed by atoms with E-state index >= 15 is 0 Å². The summed E-state index contributed by atoms with van der Waals surface area (Å²) in [5.41, 5.74) is -1.17. The van der Waals surface area contributed by atoms with E-state index < -0.39 is 47.8 Å². The van der Waals surface area contributed by atoms with E-state index in [1.807, 2.05) is 0 Å². The van der Waals surface area contributed by atoms with Crippen LogP contribution in [0.5, 0.6) is 11.5 Å². The van der Waals surface area contributed by atoms with Crippen LogP contribution in [0.3, 0.4) is 0 Å². The Bertz CT molecular complexity index is 827. The summed E-state index contributed by atoms with van der Waals surface area (Å²) in [7, 11) is 3.00. The first-order valence-corrected chi connectivity index (χ1v) is 9.53. The number of fused-ring (bicyclic) bond motifs is 1. The van der Waals surface area contributed by atoms with Crippen molar-refractivity contribution >= 4 is 17.8 Å². The molecule has 158 valence electrons. The Hall–Kier alpha value is -2.65. The van der Waals surface area contributed by atoms with Gasteiger partial charge in [-0.3, -0.25) is 19.8 Å². The number of aliphatic hydroxyl groups excluding tert-OH is 1. The second-order valence-electron chi connectivity index (χ2n) is 7.00. The largest absolute Gasteiger partial charge is 0.497 e. The maximum Gasteiger partial charge on any atom is 0.329 e. The third kappa shape index (κ3) is 3.05. The first-order chi connectivity index (χ1) is 13.9. The number of hydrogen-bond donors (Lipinski definition) is 2. The van der Waals surface area contributed by atoms with Crippen molar-refractivity contribution in [2.45, 2.75) is 25.4 Å². The van der Waals surface area contributed by atoms with Gasteiger partial charge < -0.3 is 19.3 Å². The molecule has 3 rings (SSSR count). The average molecular weight is 406 g/mol. The van der Waals surface area contributed by atoms with Gasteiger partial charge in [-0.25, -0.2) is 4.79 Å². The number of imide groups is 1. The molecule has 2 heterocycles. The number of amides is 2. The molecule has 0 aliphatic carbocycles. The van der Waals surface area contributed by atoms with Crippen molar-refractivity contribution in [2.24, 2.45) is 11.8 Å². The Morgan fingerprint density at radius 1 is 1.21 bits per heavy atom. The van der Waals surface area contributed by atoms with Crippen LogP contribution in [0, 0.1) is 11.8 Å². The lowest BCUT2D eigenvalue weighted by Crippen LogP contribution is -2.59. The molecule has 0 radical (unpaired) electrons. The number of ether oxygens (including phenoxy) is 3. The first kappa shape index (κ1) is 21.1. The molecule has 29 heavy (non-hydrogen) atoms. The summed E-state index contributed by atoms with van der Waals surface area (Å²) in [5.74, 6) is -2.64. The fraction of sp³-hybridized carbons (Fsp3) is 0.550. The zero-order valence-corrected chi connectivity index (χ0v) is 16.9. The predicted molar refractivity (Wildman–Crippen MR) is 101 cm³/mol. The summed E-state index contributed by atoms with van der Waals surface area (Å²) in [6.45, 7) is 2.89. The molecule has 2 fully saturated rings. The Kier molecular flexibility index (Phi) is 5.81. The van der Waals surface area contributed by atoms with Crippen molar-refractivity contribution in [3.8, 4) is 11.5 Å². The number of esters is 1. The maximum absolute atomic E-state index is 13.1. The molecular weight excluding hydrogens is 380 g/mol. The number of benzene rings is 1. The SMILES string of the molecule is CCOC(=O)[C@]1(CO)N[C@@H](c2cc(OC)ccc2OC)[C@H]2C(=O)N(CC)C(=O)[C@@H]21. The zero-order valence-electron chi connectivity index (χ0n) is 16.9. The lowest BCUT2D eigenvalue weighted by molar-refractivity contribution is -0.158. The number of methoxy groups -OCH3 is 2. The smallest absolute Gasteiger partial charge is 0.329 e. The average Bonchev–Trinajstić information content (AvgIpc) is 3.21. The van der Waals surface area contributed by atoms with Gasteiger partial charge in [0.25, 0.3) is 0 Å². The van der Waals surface area contributed by atoms with E-state index in [4.69, 9.17) is 14.2 Å². The second kappa shape index (κ2) is 8.00. The van der Waals surface area contributed by atoms with Gasteiger partial charge in [-0.05, 0) is 32.0 Å². The van der Waals surface area contributed by atoms with Crippen LogP contribution in [-0.4, -0.2) is 67.3 Å². The topological polar surface area (TPSA) is 114 Å². The number of rotatable bonds is 7. The Morgan fingerprint density at radius 2 is 1.93 bits per heavy atom. The van der Waals surface area contributed by atoms with Crippen LogP contribution in [0.4, 0.5) is 0 Å². The van der Waals surface area contributed by atoms with Crippen LogP contribution in [-0.2, 0) is 19.1 Å². The van der Waals surface area contributed by atoms with E-state index in [9.17, 15) is 19.5 Å². The van der Waals surface area contributed by atoms with Crippen LogP contribution in [0.15, 0.2) is 18.2 Å². The molecule has 0 bridgehead atoms. The van der Waals surface area contributed by atoms with Gasteiger partial charge in [0.2, 0.25) is 11.8 Å². The molecule has 9 heteroatoms. The van der Waals surface area contributed by atoms with Crippen LogP contribution in [0.1, 0.15) is 25.5 Å². The highest BCUT2D eigenvalue weighted by Crippen LogP contribution is 2.50. The van der Waals surface area contributed by atoms with E-state index in [2.05, 4.69) is 5.32 Å².